The summed E-state index contributed by atoms with van der Waals surface area (Å²) in [6, 6.07) is 13.8. The normalized spacial score (nSPS) is 9.80. The van der Waals surface area contributed by atoms with Gasteiger partial charge in [-0.25, -0.2) is 0 Å². The molecule has 0 unspecified atom stereocenters. The molecule has 0 saturated heterocycles. The smallest absolute Gasteiger partial charge is 0.270 e. The molecule has 0 radical (unpaired) electrons. The number of nitriles is 1. The fraction of sp³-hybridized carbons (Fsp3) is 0.0714. The summed E-state index contributed by atoms with van der Waals surface area (Å²) in [6.45, 7) is 0. The Labute approximate surface area is 120 Å². The first-order valence-corrected chi connectivity index (χ1v) is 6.96. The molecule has 5 nitrogen and oxygen atoms in total. The highest BCUT2D eigenvalue weighted by Gasteiger charge is 2.11. The van der Waals surface area contributed by atoms with Crippen LogP contribution in [0.1, 0.15) is 5.56 Å². The number of non-ortho nitro benzene ring substituents is 1. The fourth-order valence-electron chi connectivity index (χ4n) is 1.74. The lowest BCUT2D eigenvalue weighted by Crippen LogP contribution is -1.97. The first kappa shape index (κ1) is 13.9. The average molecular weight is 285 g/mol. The number of nitro benzene ring substituents is 1. The van der Waals surface area contributed by atoms with E-state index in [0.29, 0.717) is 5.69 Å². The Morgan fingerprint density at radius 2 is 2.00 bits per heavy atom. The second-order valence-corrected chi connectivity index (χ2v) is 4.77. The van der Waals surface area contributed by atoms with Crippen molar-refractivity contribution in [2.45, 2.75) is 4.90 Å². The van der Waals surface area contributed by atoms with Gasteiger partial charge in [0.25, 0.3) is 5.69 Å². The van der Waals surface area contributed by atoms with E-state index >= 15 is 0 Å². The molecule has 0 aliphatic carbocycles. The van der Waals surface area contributed by atoms with Crippen LogP contribution < -0.4 is 5.32 Å². The van der Waals surface area contributed by atoms with Gasteiger partial charge >= 0.3 is 0 Å². The van der Waals surface area contributed by atoms with Gasteiger partial charge in [-0.05, 0) is 24.5 Å². The average Bonchev–Trinajstić information content (AvgIpc) is 2.48. The number of hydrogen-bond acceptors (Lipinski definition) is 5. The van der Waals surface area contributed by atoms with Crippen LogP contribution in [0.5, 0.6) is 0 Å². The van der Waals surface area contributed by atoms with E-state index in [1.165, 1.54) is 12.1 Å². The molecule has 0 saturated carbocycles. The highest BCUT2D eigenvalue weighted by molar-refractivity contribution is 7.98. The Balaban J connectivity index is 2.39. The molecule has 2 aromatic rings. The van der Waals surface area contributed by atoms with Gasteiger partial charge in [-0.15, -0.1) is 11.8 Å². The second-order valence-electron chi connectivity index (χ2n) is 3.92. The van der Waals surface area contributed by atoms with Crippen LogP contribution in [-0.2, 0) is 0 Å². The zero-order valence-electron chi connectivity index (χ0n) is 10.7. The lowest BCUT2D eigenvalue weighted by molar-refractivity contribution is -0.384. The third kappa shape index (κ3) is 2.90. The Morgan fingerprint density at radius 1 is 1.25 bits per heavy atom. The van der Waals surface area contributed by atoms with Crippen LogP contribution >= 0.6 is 11.8 Å². The number of nitrogens with zero attached hydrogens (tertiary/aromatic N) is 2. The third-order valence-electron chi connectivity index (χ3n) is 2.71. The molecule has 0 amide bonds. The van der Waals surface area contributed by atoms with E-state index in [1.807, 2.05) is 36.6 Å². The first-order valence-electron chi connectivity index (χ1n) is 5.74. The van der Waals surface area contributed by atoms with Crippen LogP contribution in [0.25, 0.3) is 0 Å². The topological polar surface area (TPSA) is 79.0 Å². The summed E-state index contributed by atoms with van der Waals surface area (Å²) >= 11 is 1.58. The second kappa shape index (κ2) is 6.08. The van der Waals surface area contributed by atoms with Crippen molar-refractivity contribution in [1.82, 2.24) is 0 Å². The summed E-state index contributed by atoms with van der Waals surface area (Å²) in [5, 5.41) is 23.0. The molecular weight excluding hydrogens is 274 g/mol. The van der Waals surface area contributed by atoms with Gasteiger partial charge in [0.15, 0.2) is 0 Å². The zero-order valence-corrected chi connectivity index (χ0v) is 11.5. The molecule has 6 heteroatoms. The summed E-state index contributed by atoms with van der Waals surface area (Å²) in [7, 11) is 0. The van der Waals surface area contributed by atoms with E-state index in [9.17, 15) is 10.1 Å². The predicted octanol–water partition coefficient (Wildman–Crippen LogP) is 3.93. The monoisotopic (exact) mass is 285 g/mol. The number of benzene rings is 2. The van der Waals surface area contributed by atoms with Gasteiger partial charge < -0.3 is 5.32 Å². The van der Waals surface area contributed by atoms with Crippen molar-refractivity contribution < 1.29 is 4.92 Å². The number of para-hydroxylation sites is 1. The molecule has 100 valence electrons. The van der Waals surface area contributed by atoms with Crippen molar-refractivity contribution in [1.29, 1.82) is 5.26 Å². The number of rotatable bonds is 4. The van der Waals surface area contributed by atoms with E-state index < -0.39 is 4.92 Å². The van der Waals surface area contributed by atoms with Crippen LogP contribution in [-0.4, -0.2) is 11.2 Å². The van der Waals surface area contributed by atoms with Gasteiger partial charge in [0.1, 0.15) is 6.07 Å². The number of anilines is 2. The van der Waals surface area contributed by atoms with Gasteiger partial charge in [0, 0.05) is 17.0 Å². The fourth-order valence-corrected chi connectivity index (χ4v) is 2.29. The summed E-state index contributed by atoms with van der Waals surface area (Å²) in [5.74, 6) is 0. The molecule has 0 aliphatic heterocycles. The molecule has 20 heavy (non-hydrogen) atoms. The van der Waals surface area contributed by atoms with E-state index in [0.717, 1.165) is 10.6 Å². The van der Waals surface area contributed by atoms with Crippen LogP contribution in [0.3, 0.4) is 0 Å². The van der Waals surface area contributed by atoms with Gasteiger partial charge in [-0.3, -0.25) is 10.1 Å². The van der Waals surface area contributed by atoms with Crippen LogP contribution in [0.15, 0.2) is 47.4 Å². The molecule has 0 heterocycles. The minimum absolute atomic E-state index is 0.0924. The minimum atomic E-state index is -0.513. The molecule has 2 rings (SSSR count). The third-order valence-corrected chi connectivity index (χ3v) is 3.51. The number of nitrogens with one attached hydrogen (secondary N) is 1. The van der Waals surface area contributed by atoms with E-state index in [4.69, 9.17) is 5.26 Å². The molecular formula is C14H11N3O2S. The van der Waals surface area contributed by atoms with Gasteiger partial charge in [0.2, 0.25) is 0 Å². The molecule has 0 aliphatic rings. The van der Waals surface area contributed by atoms with Crippen molar-refractivity contribution in [3.05, 3.63) is 58.1 Å². The SMILES string of the molecule is CSc1ccccc1Nc1ccc([N+](=O)[O-])cc1C#N. The van der Waals surface area contributed by atoms with E-state index in [-0.39, 0.29) is 11.3 Å². The molecule has 1 N–H and O–H groups in total. The highest BCUT2D eigenvalue weighted by Crippen LogP contribution is 2.30. The van der Waals surface area contributed by atoms with Crippen molar-refractivity contribution in [2.24, 2.45) is 0 Å². The van der Waals surface area contributed by atoms with Gasteiger partial charge in [-0.1, -0.05) is 12.1 Å². The van der Waals surface area contributed by atoms with Crippen LogP contribution in [0, 0.1) is 21.4 Å². The minimum Gasteiger partial charge on any atom is -0.354 e. The van der Waals surface area contributed by atoms with E-state index in [2.05, 4.69) is 5.32 Å². The van der Waals surface area contributed by atoms with E-state index in [1.54, 1.807) is 17.8 Å². The molecule has 0 aromatic heterocycles. The van der Waals surface area contributed by atoms with Crippen molar-refractivity contribution in [3.63, 3.8) is 0 Å². The summed E-state index contributed by atoms with van der Waals surface area (Å²) < 4.78 is 0. The standard InChI is InChI=1S/C14H11N3O2S/c1-20-14-5-3-2-4-13(14)16-12-7-6-11(17(18)19)8-10(12)9-15/h2-8,16H,1H3. The zero-order chi connectivity index (χ0) is 14.5. The lowest BCUT2D eigenvalue weighted by Gasteiger charge is -2.11. The number of nitro groups is 1. The van der Waals surface area contributed by atoms with Crippen LogP contribution in [0.2, 0.25) is 0 Å². The Bertz CT molecular complexity index is 695. The maximum absolute atomic E-state index is 10.7. The van der Waals surface area contributed by atoms with Crippen molar-refractivity contribution >= 4 is 28.8 Å². The molecule has 0 spiro atoms. The predicted molar refractivity (Wildman–Crippen MR) is 79.3 cm³/mol. The molecule has 0 bridgehead atoms. The molecule has 0 atom stereocenters. The first-order chi connectivity index (χ1) is 9.65. The highest BCUT2D eigenvalue weighted by atomic mass is 32.2. The molecule has 2 aromatic carbocycles. The quantitative estimate of drug-likeness (QED) is 0.523. The Hall–Kier alpha value is -2.52. The van der Waals surface area contributed by atoms with Gasteiger partial charge in [-0.2, -0.15) is 5.26 Å². The Morgan fingerprint density at radius 3 is 2.65 bits per heavy atom. The lowest BCUT2D eigenvalue weighted by atomic mass is 10.1. The number of thioether (sulfide) groups is 1. The van der Waals surface area contributed by atoms with Gasteiger partial charge in [0.05, 0.1) is 21.9 Å². The van der Waals surface area contributed by atoms with Crippen molar-refractivity contribution in [3.8, 4) is 6.07 Å². The Kier molecular flexibility index (Phi) is 4.23. The summed E-state index contributed by atoms with van der Waals surface area (Å²) in [6.07, 6.45) is 1.96. The summed E-state index contributed by atoms with van der Waals surface area (Å²) in [4.78, 5) is 11.2. The summed E-state index contributed by atoms with van der Waals surface area (Å²) in [5.41, 5.74) is 1.57. The van der Waals surface area contributed by atoms with Crippen molar-refractivity contribution in [2.75, 3.05) is 11.6 Å². The number of hydrogen-bond donors (Lipinski definition) is 1. The largest absolute Gasteiger partial charge is 0.354 e. The molecule has 0 fully saturated rings. The van der Waals surface area contributed by atoms with Crippen LogP contribution in [0.4, 0.5) is 17.1 Å². The maximum Gasteiger partial charge on any atom is 0.270 e. The maximum atomic E-state index is 10.7.